The monoisotopic (exact) mass is 511 g/mol. The third kappa shape index (κ3) is 5.55. The van der Waals surface area contributed by atoms with E-state index in [1.807, 2.05) is 30.3 Å². The van der Waals surface area contributed by atoms with Crippen LogP contribution in [-0.4, -0.2) is 57.2 Å². The zero-order valence-corrected chi connectivity index (χ0v) is 20.4. The third-order valence-electron chi connectivity index (χ3n) is 6.06. The van der Waals surface area contributed by atoms with Gasteiger partial charge in [-0.1, -0.05) is 35.3 Å². The van der Waals surface area contributed by atoms with Crippen molar-refractivity contribution in [1.29, 1.82) is 5.26 Å². The molecule has 3 aromatic rings. The highest BCUT2D eigenvalue weighted by Gasteiger charge is 2.35. The van der Waals surface area contributed by atoms with Crippen LogP contribution in [0.1, 0.15) is 40.3 Å². The van der Waals surface area contributed by atoms with Crippen molar-refractivity contribution in [3.05, 3.63) is 87.4 Å². The van der Waals surface area contributed by atoms with Gasteiger partial charge in [0.05, 0.1) is 46.5 Å². The summed E-state index contributed by atoms with van der Waals surface area (Å²) >= 11 is 12.7. The maximum atomic E-state index is 11.2. The van der Waals surface area contributed by atoms with Crippen LogP contribution >= 0.6 is 23.2 Å². The average Bonchev–Trinajstić information content (AvgIpc) is 2.84. The molecule has 8 nitrogen and oxygen atoms in total. The number of carboxylic acid groups (broad SMARTS) is 1. The number of hydrogen-bond acceptors (Lipinski definition) is 7. The SMILES string of the molecule is C[C@@](O)(CN1CCN(c2ccc(C#N)cc2Cl)[C@H](c2ccc(Cl)cc2)C1)c1cnc(C(=O)O)cn1. The van der Waals surface area contributed by atoms with Gasteiger partial charge < -0.3 is 15.1 Å². The van der Waals surface area contributed by atoms with Gasteiger partial charge in [-0.25, -0.2) is 9.78 Å². The predicted octanol–water partition coefficient (Wildman–Crippen LogP) is 4.12. The summed E-state index contributed by atoms with van der Waals surface area (Å²) < 4.78 is 0. The van der Waals surface area contributed by atoms with Gasteiger partial charge in [0, 0.05) is 31.2 Å². The first-order valence-electron chi connectivity index (χ1n) is 10.9. The molecule has 1 aromatic heterocycles. The van der Waals surface area contributed by atoms with Gasteiger partial charge >= 0.3 is 5.97 Å². The van der Waals surface area contributed by atoms with Crippen molar-refractivity contribution >= 4 is 34.9 Å². The largest absolute Gasteiger partial charge is 0.476 e. The van der Waals surface area contributed by atoms with E-state index in [1.54, 1.807) is 19.1 Å². The number of anilines is 1. The molecule has 2 aromatic carbocycles. The molecule has 1 saturated heterocycles. The van der Waals surface area contributed by atoms with Crippen LogP contribution in [0.2, 0.25) is 10.0 Å². The second kappa shape index (κ2) is 10.2. The van der Waals surface area contributed by atoms with E-state index in [-0.39, 0.29) is 18.3 Å². The maximum absolute atomic E-state index is 11.2. The third-order valence-corrected chi connectivity index (χ3v) is 6.61. The van der Waals surface area contributed by atoms with Crippen molar-refractivity contribution in [2.45, 2.75) is 18.6 Å². The molecule has 0 radical (unpaired) electrons. The lowest BCUT2D eigenvalue weighted by atomic mass is 9.97. The highest BCUT2D eigenvalue weighted by atomic mass is 35.5. The molecule has 2 heterocycles. The Bertz CT molecular complexity index is 1260. The molecule has 4 rings (SSSR count). The molecule has 2 N–H and O–H groups in total. The Morgan fingerprint density at radius 3 is 2.51 bits per heavy atom. The Labute approximate surface area is 213 Å². The summed E-state index contributed by atoms with van der Waals surface area (Å²) in [7, 11) is 0. The lowest BCUT2D eigenvalue weighted by molar-refractivity contribution is 0.00637. The van der Waals surface area contributed by atoms with E-state index in [0.29, 0.717) is 40.9 Å². The first kappa shape index (κ1) is 24.9. The molecule has 10 heteroatoms. The van der Waals surface area contributed by atoms with E-state index in [9.17, 15) is 15.2 Å². The van der Waals surface area contributed by atoms with Crippen LogP contribution in [0.25, 0.3) is 0 Å². The van der Waals surface area contributed by atoms with Crippen molar-refractivity contribution in [3.8, 4) is 6.07 Å². The number of aromatic nitrogens is 2. The topological polar surface area (TPSA) is 114 Å². The minimum Gasteiger partial charge on any atom is -0.476 e. The van der Waals surface area contributed by atoms with Crippen molar-refractivity contribution in [1.82, 2.24) is 14.9 Å². The Morgan fingerprint density at radius 2 is 1.91 bits per heavy atom. The van der Waals surface area contributed by atoms with Gasteiger partial charge in [0.2, 0.25) is 0 Å². The number of carbonyl (C=O) groups is 1. The Hall–Kier alpha value is -3.22. The van der Waals surface area contributed by atoms with E-state index in [2.05, 4.69) is 25.8 Å². The van der Waals surface area contributed by atoms with Gasteiger partial charge in [0.1, 0.15) is 5.60 Å². The fourth-order valence-electron chi connectivity index (χ4n) is 4.28. The zero-order chi connectivity index (χ0) is 25.2. The van der Waals surface area contributed by atoms with Crippen LogP contribution in [0.15, 0.2) is 54.9 Å². The Kier molecular flexibility index (Phi) is 7.24. The highest BCUT2D eigenvalue weighted by molar-refractivity contribution is 6.33. The number of piperazine rings is 1. The van der Waals surface area contributed by atoms with Crippen molar-refractivity contribution < 1.29 is 15.0 Å². The molecule has 0 saturated carbocycles. The number of nitrogens with zero attached hydrogens (tertiary/aromatic N) is 5. The molecule has 1 aliphatic heterocycles. The number of rotatable bonds is 6. The number of benzene rings is 2. The molecule has 0 unspecified atom stereocenters. The van der Waals surface area contributed by atoms with Crippen LogP contribution in [0.5, 0.6) is 0 Å². The first-order valence-corrected chi connectivity index (χ1v) is 11.7. The fourth-order valence-corrected chi connectivity index (χ4v) is 4.70. The quantitative estimate of drug-likeness (QED) is 0.507. The number of aromatic carboxylic acids is 1. The number of aliphatic hydroxyl groups is 1. The molecule has 1 aliphatic rings. The summed E-state index contributed by atoms with van der Waals surface area (Å²) in [6, 6.07) is 14.9. The number of nitriles is 1. The van der Waals surface area contributed by atoms with Crippen molar-refractivity contribution in [3.63, 3.8) is 0 Å². The lowest BCUT2D eigenvalue weighted by Crippen LogP contribution is -2.52. The summed E-state index contributed by atoms with van der Waals surface area (Å²) in [4.78, 5) is 23.4. The molecule has 180 valence electrons. The Morgan fingerprint density at radius 1 is 1.17 bits per heavy atom. The van der Waals surface area contributed by atoms with E-state index in [0.717, 1.165) is 17.4 Å². The van der Waals surface area contributed by atoms with Gasteiger partial charge in [-0.3, -0.25) is 9.88 Å². The summed E-state index contributed by atoms with van der Waals surface area (Å²) in [6.07, 6.45) is 2.44. The normalized spacial score (nSPS) is 18.0. The second-order valence-electron chi connectivity index (χ2n) is 8.64. The summed E-state index contributed by atoms with van der Waals surface area (Å²) in [5, 5.41) is 30.5. The average molecular weight is 512 g/mol. The molecule has 2 atom stereocenters. The molecule has 35 heavy (non-hydrogen) atoms. The number of β-amino-alcohol motifs (C(OH)–C–C–N with tert-alkyl or cyclic N) is 1. The lowest BCUT2D eigenvalue weighted by Gasteiger charge is -2.45. The fraction of sp³-hybridized carbons (Fsp3) is 0.280. The number of hydrogen-bond donors (Lipinski definition) is 2. The summed E-state index contributed by atoms with van der Waals surface area (Å²) in [5.41, 5.74) is 1.12. The van der Waals surface area contributed by atoms with Gasteiger partial charge in [-0.05, 0) is 42.8 Å². The standard InChI is InChI=1S/C25H23Cl2N5O3/c1-25(35,23-13-29-20(12-30-23)24(33)34)15-31-8-9-32(21-7-2-16(11-28)10-19(21)27)22(14-31)17-3-5-18(26)6-4-17/h2-7,10,12-13,22,35H,8-9,14-15H2,1H3,(H,33,34)/t22-,25+/m0/s1. The molecular weight excluding hydrogens is 489 g/mol. The summed E-state index contributed by atoms with van der Waals surface area (Å²) in [6.45, 7) is 3.75. The number of carboxylic acids is 1. The van der Waals surface area contributed by atoms with E-state index in [1.165, 1.54) is 6.20 Å². The van der Waals surface area contributed by atoms with Gasteiger partial charge in [-0.15, -0.1) is 0 Å². The smallest absolute Gasteiger partial charge is 0.356 e. The highest BCUT2D eigenvalue weighted by Crippen LogP contribution is 2.36. The van der Waals surface area contributed by atoms with E-state index >= 15 is 0 Å². The molecular formula is C25H23Cl2N5O3. The van der Waals surface area contributed by atoms with Gasteiger partial charge in [-0.2, -0.15) is 5.26 Å². The molecule has 0 amide bonds. The Balaban J connectivity index is 1.60. The van der Waals surface area contributed by atoms with E-state index in [4.69, 9.17) is 28.3 Å². The van der Waals surface area contributed by atoms with Crippen LogP contribution in [-0.2, 0) is 5.60 Å². The first-order chi connectivity index (χ1) is 16.7. The summed E-state index contributed by atoms with van der Waals surface area (Å²) in [5.74, 6) is -1.17. The van der Waals surface area contributed by atoms with Crippen LogP contribution in [0.4, 0.5) is 5.69 Å². The van der Waals surface area contributed by atoms with Crippen molar-refractivity contribution in [2.24, 2.45) is 0 Å². The predicted molar refractivity (Wildman–Crippen MR) is 133 cm³/mol. The molecule has 1 fully saturated rings. The maximum Gasteiger partial charge on any atom is 0.356 e. The second-order valence-corrected chi connectivity index (χ2v) is 9.48. The zero-order valence-electron chi connectivity index (χ0n) is 18.9. The van der Waals surface area contributed by atoms with Crippen LogP contribution in [0, 0.1) is 11.3 Å². The molecule has 0 aliphatic carbocycles. The minimum atomic E-state index is -1.34. The van der Waals surface area contributed by atoms with Crippen LogP contribution < -0.4 is 4.90 Å². The van der Waals surface area contributed by atoms with E-state index < -0.39 is 11.6 Å². The van der Waals surface area contributed by atoms with Gasteiger partial charge in [0.15, 0.2) is 5.69 Å². The van der Waals surface area contributed by atoms with Crippen molar-refractivity contribution in [2.75, 3.05) is 31.1 Å². The minimum absolute atomic E-state index is 0.0947. The molecule has 0 spiro atoms. The van der Waals surface area contributed by atoms with Crippen LogP contribution in [0.3, 0.4) is 0 Å². The number of halogens is 2. The van der Waals surface area contributed by atoms with Gasteiger partial charge in [0.25, 0.3) is 0 Å². The molecule has 0 bridgehead atoms.